The van der Waals surface area contributed by atoms with Crippen molar-refractivity contribution >= 4 is 10.8 Å². The average molecular weight is 404 g/mol. The van der Waals surface area contributed by atoms with Gasteiger partial charge in [-0.2, -0.15) is 9.78 Å². The predicted molar refractivity (Wildman–Crippen MR) is 116 cm³/mol. The first-order valence-corrected chi connectivity index (χ1v) is 9.66. The third kappa shape index (κ3) is 3.17. The van der Waals surface area contributed by atoms with E-state index in [1.54, 1.807) is 45.5 Å². The van der Waals surface area contributed by atoms with E-state index in [4.69, 9.17) is 4.74 Å². The van der Waals surface area contributed by atoms with Gasteiger partial charge in [0, 0.05) is 40.3 Å². The molecule has 0 saturated carbocycles. The van der Waals surface area contributed by atoms with E-state index in [-0.39, 0.29) is 5.56 Å². The highest BCUT2D eigenvalue weighted by Crippen LogP contribution is 2.28. The highest BCUT2D eigenvalue weighted by atomic mass is 16.5. The van der Waals surface area contributed by atoms with Gasteiger partial charge in [-0.15, -0.1) is 0 Å². The summed E-state index contributed by atoms with van der Waals surface area (Å²) in [6, 6.07) is 11.2. The third-order valence-corrected chi connectivity index (χ3v) is 5.38. The van der Waals surface area contributed by atoms with Crippen molar-refractivity contribution < 1.29 is 9.84 Å². The molecule has 0 fully saturated rings. The smallest absolute Gasteiger partial charge is 0.282 e. The van der Waals surface area contributed by atoms with Crippen LogP contribution in [0.1, 0.15) is 30.8 Å². The zero-order chi connectivity index (χ0) is 21.6. The monoisotopic (exact) mass is 404 g/mol. The first-order chi connectivity index (χ1) is 14.2. The van der Waals surface area contributed by atoms with Crippen molar-refractivity contribution in [2.24, 2.45) is 0 Å². The van der Waals surface area contributed by atoms with Crippen LogP contribution in [0.4, 0.5) is 0 Å². The molecule has 1 aromatic carbocycles. The molecule has 1 N–H and O–H groups in total. The van der Waals surface area contributed by atoms with Crippen molar-refractivity contribution in [3.63, 3.8) is 0 Å². The van der Waals surface area contributed by atoms with Crippen molar-refractivity contribution in [2.45, 2.75) is 33.3 Å². The standard InChI is InChI=1S/C23H24N4O3/c1-14-19-13-25-27(20-10-9-16(12-24-20)23(3,4)29)22(28)21(19)15(2)26(14)17-7-6-8-18(11-17)30-5/h6-13,29H,1-5H3. The number of aryl methyl sites for hydroxylation is 2. The second-order valence-corrected chi connectivity index (χ2v) is 7.82. The summed E-state index contributed by atoms with van der Waals surface area (Å²) in [7, 11) is 1.63. The Hall–Kier alpha value is -3.45. The van der Waals surface area contributed by atoms with Gasteiger partial charge < -0.3 is 14.4 Å². The van der Waals surface area contributed by atoms with Gasteiger partial charge in [0.15, 0.2) is 5.82 Å². The Morgan fingerprint density at radius 2 is 1.83 bits per heavy atom. The van der Waals surface area contributed by atoms with Gasteiger partial charge in [-0.25, -0.2) is 4.98 Å². The fourth-order valence-corrected chi connectivity index (χ4v) is 3.73. The summed E-state index contributed by atoms with van der Waals surface area (Å²) in [5.74, 6) is 1.15. The summed E-state index contributed by atoms with van der Waals surface area (Å²) < 4.78 is 8.67. The number of aromatic nitrogens is 4. The van der Waals surface area contributed by atoms with Crippen LogP contribution >= 0.6 is 0 Å². The Kier molecular flexibility index (Phi) is 4.70. The van der Waals surface area contributed by atoms with Crippen LogP contribution in [0.2, 0.25) is 0 Å². The summed E-state index contributed by atoms with van der Waals surface area (Å²) in [6.45, 7) is 7.27. The summed E-state index contributed by atoms with van der Waals surface area (Å²) in [5.41, 5.74) is 2.09. The van der Waals surface area contributed by atoms with Gasteiger partial charge in [0.1, 0.15) is 5.75 Å². The molecule has 7 heteroatoms. The summed E-state index contributed by atoms with van der Waals surface area (Å²) in [5, 5.41) is 15.9. The number of nitrogens with zero attached hydrogens (tertiary/aromatic N) is 4. The van der Waals surface area contributed by atoms with Crippen LogP contribution in [0.25, 0.3) is 22.3 Å². The van der Waals surface area contributed by atoms with Gasteiger partial charge in [0.2, 0.25) is 0 Å². The molecule has 4 rings (SSSR count). The molecule has 154 valence electrons. The lowest BCUT2D eigenvalue weighted by Crippen LogP contribution is -2.23. The average Bonchev–Trinajstić information content (AvgIpc) is 2.98. The number of fused-ring (bicyclic) bond motifs is 1. The minimum Gasteiger partial charge on any atom is -0.497 e. The Labute approximate surface area is 174 Å². The largest absolute Gasteiger partial charge is 0.497 e. The van der Waals surface area contributed by atoms with E-state index < -0.39 is 5.60 Å². The number of pyridine rings is 1. The molecule has 4 aromatic rings. The molecule has 7 nitrogen and oxygen atoms in total. The highest BCUT2D eigenvalue weighted by Gasteiger charge is 2.20. The molecule has 0 bridgehead atoms. The molecule has 0 amide bonds. The van der Waals surface area contributed by atoms with E-state index in [9.17, 15) is 9.90 Å². The lowest BCUT2D eigenvalue weighted by atomic mass is 10.0. The van der Waals surface area contributed by atoms with Crippen LogP contribution in [-0.4, -0.2) is 31.5 Å². The number of rotatable bonds is 4. The van der Waals surface area contributed by atoms with Crippen LogP contribution < -0.4 is 10.3 Å². The zero-order valence-electron chi connectivity index (χ0n) is 17.7. The zero-order valence-corrected chi connectivity index (χ0v) is 17.7. The maximum atomic E-state index is 13.3. The molecule has 0 aliphatic rings. The van der Waals surface area contributed by atoms with Crippen LogP contribution in [0, 0.1) is 13.8 Å². The molecule has 3 aromatic heterocycles. The third-order valence-electron chi connectivity index (χ3n) is 5.38. The molecule has 0 aliphatic carbocycles. The Morgan fingerprint density at radius 3 is 2.47 bits per heavy atom. The molecule has 0 spiro atoms. The van der Waals surface area contributed by atoms with Crippen molar-refractivity contribution in [1.82, 2.24) is 19.3 Å². The SMILES string of the molecule is COc1cccc(-n2c(C)c3cnn(-c4ccc(C(C)(C)O)cn4)c(=O)c3c2C)c1. The van der Waals surface area contributed by atoms with Gasteiger partial charge >= 0.3 is 0 Å². The number of hydrogen-bond acceptors (Lipinski definition) is 5. The van der Waals surface area contributed by atoms with Crippen LogP contribution in [0.5, 0.6) is 5.75 Å². The first-order valence-electron chi connectivity index (χ1n) is 9.66. The summed E-state index contributed by atoms with van der Waals surface area (Å²) >= 11 is 0. The maximum Gasteiger partial charge on any atom is 0.282 e. The minimum atomic E-state index is -1.00. The van der Waals surface area contributed by atoms with E-state index in [1.165, 1.54) is 4.68 Å². The van der Waals surface area contributed by atoms with E-state index in [0.29, 0.717) is 16.8 Å². The number of methoxy groups -OCH3 is 1. The molecule has 3 heterocycles. The van der Waals surface area contributed by atoms with E-state index in [1.807, 2.05) is 42.7 Å². The van der Waals surface area contributed by atoms with E-state index in [2.05, 4.69) is 10.1 Å². The van der Waals surface area contributed by atoms with Crippen molar-refractivity contribution in [3.05, 3.63) is 76.1 Å². The lowest BCUT2D eigenvalue weighted by Gasteiger charge is -2.17. The number of benzene rings is 1. The van der Waals surface area contributed by atoms with Crippen LogP contribution in [0.3, 0.4) is 0 Å². The molecular weight excluding hydrogens is 380 g/mol. The minimum absolute atomic E-state index is 0.238. The lowest BCUT2D eigenvalue weighted by molar-refractivity contribution is 0.0782. The molecule has 0 unspecified atom stereocenters. The Bertz CT molecular complexity index is 1300. The quantitative estimate of drug-likeness (QED) is 0.564. The van der Waals surface area contributed by atoms with Gasteiger partial charge in [-0.05, 0) is 45.9 Å². The highest BCUT2D eigenvalue weighted by molar-refractivity contribution is 5.88. The summed E-state index contributed by atoms with van der Waals surface area (Å²) in [4.78, 5) is 17.7. The molecule has 0 radical (unpaired) electrons. The molecule has 30 heavy (non-hydrogen) atoms. The van der Waals surface area contributed by atoms with Crippen LogP contribution in [-0.2, 0) is 5.60 Å². The fraction of sp³-hybridized carbons (Fsp3) is 0.261. The van der Waals surface area contributed by atoms with E-state index in [0.717, 1.165) is 28.2 Å². The first kappa shape index (κ1) is 19.8. The van der Waals surface area contributed by atoms with E-state index >= 15 is 0 Å². The van der Waals surface area contributed by atoms with Crippen molar-refractivity contribution in [2.75, 3.05) is 7.11 Å². The Balaban J connectivity index is 1.89. The summed E-state index contributed by atoms with van der Waals surface area (Å²) in [6.07, 6.45) is 3.26. The predicted octanol–water partition coefficient (Wildman–Crippen LogP) is 3.42. The van der Waals surface area contributed by atoms with Gasteiger partial charge in [0.05, 0.1) is 24.3 Å². The normalized spacial score (nSPS) is 11.8. The molecule has 0 saturated heterocycles. The second-order valence-electron chi connectivity index (χ2n) is 7.82. The number of aliphatic hydroxyl groups is 1. The Morgan fingerprint density at radius 1 is 1.07 bits per heavy atom. The number of ether oxygens (including phenoxy) is 1. The van der Waals surface area contributed by atoms with Crippen molar-refractivity contribution in [3.8, 4) is 17.3 Å². The maximum absolute atomic E-state index is 13.3. The molecular formula is C23H24N4O3. The molecule has 0 atom stereocenters. The fourth-order valence-electron chi connectivity index (χ4n) is 3.73. The van der Waals surface area contributed by atoms with Crippen molar-refractivity contribution in [1.29, 1.82) is 0 Å². The van der Waals surface area contributed by atoms with Gasteiger partial charge in [-0.3, -0.25) is 4.79 Å². The molecule has 0 aliphatic heterocycles. The van der Waals surface area contributed by atoms with Crippen LogP contribution in [0.15, 0.2) is 53.6 Å². The second kappa shape index (κ2) is 7.11. The topological polar surface area (TPSA) is 82.2 Å². The number of hydrogen-bond donors (Lipinski definition) is 1. The van der Waals surface area contributed by atoms with Gasteiger partial charge in [-0.1, -0.05) is 12.1 Å². The van der Waals surface area contributed by atoms with Gasteiger partial charge in [0.25, 0.3) is 5.56 Å².